The zero-order valence-corrected chi connectivity index (χ0v) is 15.5. The summed E-state index contributed by atoms with van der Waals surface area (Å²) in [5.41, 5.74) is 2.61. The van der Waals surface area contributed by atoms with Gasteiger partial charge in [0.1, 0.15) is 5.69 Å². The van der Waals surface area contributed by atoms with E-state index in [1.54, 1.807) is 30.3 Å². The van der Waals surface area contributed by atoms with E-state index in [-0.39, 0.29) is 23.7 Å². The maximum atomic E-state index is 12.6. The second-order valence-corrected chi connectivity index (χ2v) is 6.56. The van der Waals surface area contributed by atoms with Gasteiger partial charge < -0.3 is 15.2 Å². The van der Waals surface area contributed by atoms with Crippen molar-refractivity contribution in [2.24, 2.45) is 0 Å². The van der Waals surface area contributed by atoms with Gasteiger partial charge in [0.25, 0.3) is 11.5 Å². The number of aryl methyl sites for hydroxylation is 1. The van der Waals surface area contributed by atoms with Gasteiger partial charge in [-0.25, -0.2) is 0 Å². The number of aromatic nitrogens is 1. The van der Waals surface area contributed by atoms with Crippen LogP contribution in [0, 0.1) is 13.8 Å². The van der Waals surface area contributed by atoms with Crippen molar-refractivity contribution in [3.8, 4) is 0 Å². The lowest BCUT2D eigenvalue weighted by Gasteiger charge is -2.18. The number of carbonyl (C=O) groups is 2. The Morgan fingerprint density at radius 2 is 1.81 bits per heavy atom. The van der Waals surface area contributed by atoms with Gasteiger partial charge in [0.15, 0.2) is 0 Å². The van der Waals surface area contributed by atoms with E-state index in [0.29, 0.717) is 10.8 Å². The second kappa shape index (κ2) is 7.45. The number of aromatic amines is 1. The van der Waals surface area contributed by atoms with Crippen molar-refractivity contribution < 1.29 is 9.59 Å². The third-order valence-electron chi connectivity index (χ3n) is 4.59. The Morgan fingerprint density at radius 3 is 2.59 bits per heavy atom. The summed E-state index contributed by atoms with van der Waals surface area (Å²) >= 11 is 0. The zero-order chi connectivity index (χ0) is 19.6. The summed E-state index contributed by atoms with van der Waals surface area (Å²) in [6.45, 7) is 3.78. The highest BCUT2D eigenvalue weighted by Crippen LogP contribution is 2.18. The van der Waals surface area contributed by atoms with Crippen molar-refractivity contribution in [2.75, 3.05) is 18.9 Å². The molecule has 1 aromatic heterocycles. The first kappa shape index (κ1) is 18.4. The first-order valence-electron chi connectivity index (χ1n) is 8.60. The van der Waals surface area contributed by atoms with Gasteiger partial charge in [-0.3, -0.25) is 14.4 Å². The number of nitrogens with one attached hydrogen (secondary N) is 2. The average Bonchev–Trinajstić information content (AvgIpc) is 2.64. The molecule has 0 saturated carbocycles. The first-order chi connectivity index (χ1) is 12.9. The van der Waals surface area contributed by atoms with E-state index in [1.807, 2.05) is 32.0 Å². The molecule has 1 heterocycles. The molecule has 0 aliphatic carbocycles. The number of hydrogen-bond donors (Lipinski definition) is 2. The summed E-state index contributed by atoms with van der Waals surface area (Å²) < 4.78 is 0. The van der Waals surface area contributed by atoms with Gasteiger partial charge in [-0.15, -0.1) is 0 Å². The SMILES string of the molecule is Cc1cccc(NC(=O)CN(C)C(=O)c2cc3ccccc3c(=O)[nH]2)c1C. The lowest BCUT2D eigenvalue weighted by atomic mass is 10.1. The van der Waals surface area contributed by atoms with Crippen molar-refractivity contribution >= 4 is 28.3 Å². The van der Waals surface area contributed by atoms with Crippen LogP contribution in [0.15, 0.2) is 53.3 Å². The van der Waals surface area contributed by atoms with E-state index in [4.69, 9.17) is 0 Å². The van der Waals surface area contributed by atoms with E-state index in [0.717, 1.165) is 16.8 Å². The summed E-state index contributed by atoms with van der Waals surface area (Å²) in [5, 5.41) is 4.02. The summed E-state index contributed by atoms with van der Waals surface area (Å²) in [4.78, 5) is 41.0. The van der Waals surface area contributed by atoms with Crippen LogP contribution < -0.4 is 10.9 Å². The number of hydrogen-bond acceptors (Lipinski definition) is 3. The van der Waals surface area contributed by atoms with Crippen LogP contribution in [0.1, 0.15) is 21.6 Å². The summed E-state index contributed by atoms with van der Waals surface area (Å²) in [6, 6.07) is 14.3. The van der Waals surface area contributed by atoms with Gasteiger partial charge in [0, 0.05) is 18.1 Å². The first-order valence-corrected chi connectivity index (χ1v) is 8.60. The number of pyridine rings is 1. The predicted molar refractivity (Wildman–Crippen MR) is 106 cm³/mol. The number of rotatable bonds is 4. The Kier molecular flexibility index (Phi) is 5.07. The Bertz CT molecular complexity index is 1090. The maximum Gasteiger partial charge on any atom is 0.270 e. The van der Waals surface area contributed by atoms with Gasteiger partial charge in [-0.1, -0.05) is 30.3 Å². The molecule has 2 N–H and O–H groups in total. The van der Waals surface area contributed by atoms with Crippen LogP contribution in [0.5, 0.6) is 0 Å². The van der Waals surface area contributed by atoms with Gasteiger partial charge in [0.2, 0.25) is 5.91 Å². The topological polar surface area (TPSA) is 82.3 Å². The fraction of sp³-hybridized carbons (Fsp3) is 0.190. The number of H-pyrrole nitrogens is 1. The molecule has 3 aromatic rings. The molecule has 0 aliphatic heterocycles. The van der Waals surface area contributed by atoms with Crippen LogP contribution in [-0.2, 0) is 4.79 Å². The van der Waals surface area contributed by atoms with Crippen molar-refractivity contribution in [3.63, 3.8) is 0 Å². The van der Waals surface area contributed by atoms with Crippen LogP contribution >= 0.6 is 0 Å². The van der Waals surface area contributed by atoms with Crippen molar-refractivity contribution in [2.45, 2.75) is 13.8 Å². The van der Waals surface area contributed by atoms with E-state index >= 15 is 0 Å². The lowest BCUT2D eigenvalue weighted by molar-refractivity contribution is -0.116. The monoisotopic (exact) mass is 363 g/mol. The number of nitrogens with zero attached hydrogens (tertiary/aromatic N) is 1. The number of likely N-dealkylation sites (N-methyl/N-ethyl adjacent to an activating group) is 1. The maximum absolute atomic E-state index is 12.6. The zero-order valence-electron chi connectivity index (χ0n) is 15.5. The molecule has 0 aliphatic rings. The fourth-order valence-corrected chi connectivity index (χ4v) is 2.90. The number of carbonyl (C=O) groups excluding carboxylic acids is 2. The quantitative estimate of drug-likeness (QED) is 0.748. The Morgan fingerprint density at radius 1 is 1.07 bits per heavy atom. The molecular formula is C21H21N3O3. The van der Waals surface area contributed by atoms with Gasteiger partial charge in [-0.2, -0.15) is 0 Å². The Hall–Kier alpha value is -3.41. The molecule has 0 bridgehead atoms. The third-order valence-corrected chi connectivity index (χ3v) is 4.59. The van der Waals surface area contributed by atoms with Gasteiger partial charge >= 0.3 is 0 Å². The molecule has 27 heavy (non-hydrogen) atoms. The highest BCUT2D eigenvalue weighted by Gasteiger charge is 2.17. The minimum Gasteiger partial charge on any atom is -0.331 e. The van der Waals surface area contributed by atoms with E-state index in [2.05, 4.69) is 10.3 Å². The molecule has 0 fully saturated rings. The minimum absolute atomic E-state index is 0.124. The standard InChI is InChI=1S/C21H21N3O3/c1-13-7-6-10-17(14(13)2)22-19(25)12-24(3)21(27)18-11-15-8-4-5-9-16(15)20(26)23-18/h4-11H,12H2,1-3H3,(H,22,25)(H,23,26). The fourth-order valence-electron chi connectivity index (χ4n) is 2.90. The highest BCUT2D eigenvalue weighted by atomic mass is 16.2. The minimum atomic E-state index is -0.422. The smallest absolute Gasteiger partial charge is 0.270 e. The second-order valence-electron chi connectivity index (χ2n) is 6.56. The van der Waals surface area contributed by atoms with Crippen molar-refractivity contribution in [1.82, 2.24) is 9.88 Å². The molecule has 0 atom stereocenters. The van der Waals surface area contributed by atoms with Crippen LogP contribution in [0.2, 0.25) is 0 Å². The van der Waals surface area contributed by atoms with Gasteiger partial charge in [-0.05, 0) is 48.6 Å². The third kappa shape index (κ3) is 3.89. The molecule has 6 heteroatoms. The van der Waals surface area contributed by atoms with Crippen molar-refractivity contribution in [3.05, 3.63) is 75.7 Å². The summed E-state index contributed by atoms with van der Waals surface area (Å²) in [5.74, 6) is -0.725. The van der Waals surface area contributed by atoms with E-state index in [9.17, 15) is 14.4 Å². The Balaban J connectivity index is 1.75. The molecule has 0 radical (unpaired) electrons. The lowest BCUT2D eigenvalue weighted by Crippen LogP contribution is -2.36. The molecule has 0 unspecified atom stereocenters. The Labute approximate surface area is 156 Å². The number of anilines is 1. The normalized spacial score (nSPS) is 10.6. The molecule has 2 amide bonds. The molecule has 0 spiro atoms. The molecule has 3 rings (SSSR count). The van der Waals surface area contributed by atoms with E-state index in [1.165, 1.54) is 11.9 Å². The molecule has 138 valence electrons. The van der Waals surface area contributed by atoms with E-state index < -0.39 is 5.91 Å². The summed E-state index contributed by atoms with van der Waals surface area (Å²) in [6.07, 6.45) is 0. The molecule has 6 nitrogen and oxygen atoms in total. The molecule has 2 aromatic carbocycles. The van der Waals surface area contributed by atoms with Crippen LogP contribution in [0.25, 0.3) is 10.8 Å². The largest absolute Gasteiger partial charge is 0.331 e. The molecular weight excluding hydrogens is 342 g/mol. The van der Waals surface area contributed by atoms with Gasteiger partial charge in [0.05, 0.1) is 6.54 Å². The number of fused-ring (bicyclic) bond motifs is 1. The molecule has 0 saturated heterocycles. The van der Waals surface area contributed by atoms with Crippen molar-refractivity contribution in [1.29, 1.82) is 0 Å². The number of benzene rings is 2. The predicted octanol–water partition coefficient (Wildman–Crippen LogP) is 2.86. The highest BCUT2D eigenvalue weighted by molar-refractivity contribution is 6.00. The average molecular weight is 363 g/mol. The van der Waals surface area contributed by atoms with Crippen LogP contribution in [0.3, 0.4) is 0 Å². The van der Waals surface area contributed by atoms with Crippen LogP contribution in [-0.4, -0.2) is 35.3 Å². The number of amides is 2. The summed E-state index contributed by atoms with van der Waals surface area (Å²) in [7, 11) is 1.53. The van der Waals surface area contributed by atoms with Crippen LogP contribution in [0.4, 0.5) is 5.69 Å².